The second kappa shape index (κ2) is 5.66. The molecule has 1 unspecified atom stereocenters. The Bertz CT molecular complexity index is 604. The molecule has 0 amide bonds. The zero-order valence-electron chi connectivity index (χ0n) is 9.89. The fourth-order valence-corrected chi connectivity index (χ4v) is 2.74. The Morgan fingerprint density at radius 3 is 2.84 bits per heavy atom. The number of halogens is 2. The van der Waals surface area contributed by atoms with Crippen molar-refractivity contribution in [1.29, 1.82) is 0 Å². The van der Waals surface area contributed by atoms with E-state index in [1.807, 2.05) is 23.8 Å². The number of thiophene rings is 1. The first-order chi connectivity index (χ1) is 8.99. The highest BCUT2D eigenvalue weighted by atomic mass is 79.9. The van der Waals surface area contributed by atoms with E-state index in [9.17, 15) is 14.5 Å². The maximum Gasteiger partial charge on any atom is 0.295 e. The summed E-state index contributed by atoms with van der Waals surface area (Å²) in [7, 11) is 0. The van der Waals surface area contributed by atoms with E-state index < -0.39 is 10.7 Å². The number of nitrogens with zero attached hydrogens (tertiary/aromatic N) is 1. The van der Waals surface area contributed by atoms with E-state index in [4.69, 9.17) is 0 Å². The lowest BCUT2D eigenvalue weighted by Gasteiger charge is -2.14. The third-order valence-electron chi connectivity index (χ3n) is 2.65. The van der Waals surface area contributed by atoms with Gasteiger partial charge in [-0.3, -0.25) is 10.1 Å². The van der Waals surface area contributed by atoms with Crippen molar-refractivity contribution in [3.05, 3.63) is 54.9 Å². The lowest BCUT2D eigenvalue weighted by Crippen LogP contribution is -2.08. The van der Waals surface area contributed by atoms with Crippen LogP contribution in [0.15, 0.2) is 33.4 Å². The van der Waals surface area contributed by atoms with E-state index in [1.165, 1.54) is 6.07 Å². The summed E-state index contributed by atoms with van der Waals surface area (Å²) in [6.07, 6.45) is 0. The van der Waals surface area contributed by atoms with Crippen molar-refractivity contribution in [3.8, 4) is 0 Å². The average Bonchev–Trinajstić information content (AvgIpc) is 2.86. The van der Waals surface area contributed by atoms with Gasteiger partial charge in [0.1, 0.15) is 11.5 Å². The summed E-state index contributed by atoms with van der Waals surface area (Å²) in [5.74, 6) is -0.652. The molecule has 4 nitrogen and oxygen atoms in total. The van der Waals surface area contributed by atoms with Gasteiger partial charge in [0, 0.05) is 6.04 Å². The third kappa shape index (κ3) is 3.10. The van der Waals surface area contributed by atoms with Crippen LogP contribution in [0.4, 0.5) is 15.8 Å². The summed E-state index contributed by atoms with van der Waals surface area (Å²) < 4.78 is 13.5. The molecule has 0 bridgehead atoms. The molecular weight excluding hydrogens is 335 g/mol. The molecule has 2 rings (SSSR count). The molecule has 100 valence electrons. The van der Waals surface area contributed by atoms with E-state index in [0.717, 1.165) is 11.6 Å². The maximum atomic E-state index is 13.4. The Hall–Kier alpha value is -1.47. The largest absolute Gasteiger partial charge is 0.373 e. The minimum absolute atomic E-state index is 0.0951. The number of hydrogen-bond donors (Lipinski definition) is 1. The number of nitro groups is 1. The van der Waals surface area contributed by atoms with Crippen molar-refractivity contribution in [2.45, 2.75) is 13.0 Å². The van der Waals surface area contributed by atoms with Crippen LogP contribution in [0, 0.1) is 15.9 Å². The second-order valence-electron chi connectivity index (χ2n) is 3.96. The van der Waals surface area contributed by atoms with Gasteiger partial charge in [-0.2, -0.15) is 11.3 Å². The van der Waals surface area contributed by atoms with Crippen molar-refractivity contribution in [1.82, 2.24) is 0 Å². The van der Waals surface area contributed by atoms with Crippen molar-refractivity contribution in [2.24, 2.45) is 0 Å². The first-order valence-corrected chi connectivity index (χ1v) is 7.14. The molecule has 1 aromatic carbocycles. The molecule has 0 aliphatic heterocycles. The molecule has 0 fully saturated rings. The monoisotopic (exact) mass is 344 g/mol. The molecule has 1 atom stereocenters. The Morgan fingerprint density at radius 2 is 2.26 bits per heavy atom. The maximum absolute atomic E-state index is 13.4. The van der Waals surface area contributed by atoms with Crippen LogP contribution < -0.4 is 5.32 Å². The predicted octanol–water partition coefficient (Wildman–Crippen LogP) is 4.73. The highest BCUT2D eigenvalue weighted by Crippen LogP contribution is 2.33. The van der Waals surface area contributed by atoms with Crippen LogP contribution in [0.2, 0.25) is 0 Å². The van der Waals surface area contributed by atoms with Crippen molar-refractivity contribution in [2.75, 3.05) is 5.32 Å². The number of nitro benzene ring substituents is 1. The zero-order valence-corrected chi connectivity index (χ0v) is 12.3. The molecule has 0 aliphatic carbocycles. The van der Waals surface area contributed by atoms with Gasteiger partial charge < -0.3 is 5.32 Å². The molecule has 0 saturated heterocycles. The molecule has 0 spiro atoms. The second-order valence-corrected chi connectivity index (χ2v) is 5.60. The minimum Gasteiger partial charge on any atom is -0.373 e. The quantitative estimate of drug-likeness (QED) is 0.644. The van der Waals surface area contributed by atoms with Crippen molar-refractivity contribution >= 4 is 38.6 Å². The average molecular weight is 345 g/mol. The van der Waals surface area contributed by atoms with Crippen LogP contribution in [0.5, 0.6) is 0 Å². The van der Waals surface area contributed by atoms with Crippen molar-refractivity contribution in [3.63, 3.8) is 0 Å². The van der Waals surface area contributed by atoms with Gasteiger partial charge in [-0.05, 0) is 51.3 Å². The van der Waals surface area contributed by atoms with E-state index in [2.05, 4.69) is 21.2 Å². The van der Waals surface area contributed by atoms with Crippen LogP contribution in [0.25, 0.3) is 0 Å². The van der Waals surface area contributed by atoms with Gasteiger partial charge in [0.05, 0.1) is 15.5 Å². The number of rotatable bonds is 4. The summed E-state index contributed by atoms with van der Waals surface area (Å²) in [6, 6.07) is 4.14. The molecule has 0 aliphatic rings. The Labute approximate surface area is 121 Å². The molecule has 19 heavy (non-hydrogen) atoms. The Balaban J connectivity index is 2.33. The van der Waals surface area contributed by atoms with Crippen LogP contribution >= 0.6 is 27.3 Å². The highest BCUT2D eigenvalue weighted by molar-refractivity contribution is 9.10. The Morgan fingerprint density at radius 1 is 1.53 bits per heavy atom. The topological polar surface area (TPSA) is 55.2 Å². The molecule has 0 saturated carbocycles. The van der Waals surface area contributed by atoms with Crippen LogP contribution in [-0.4, -0.2) is 4.92 Å². The third-order valence-corrected chi connectivity index (χ3v) is 3.96. The SMILES string of the molecule is CC(Nc1cc(Br)c(F)cc1[N+](=O)[O-])c1ccsc1. The summed E-state index contributed by atoms with van der Waals surface area (Å²) in [6.45, 7) is 1.89. The van der Waals surface area contributed by atoms with E-state index in [0.29, 0.717) is 0 Å². The van der Waals surface area contributed by atoms with E-state index >= 15 is 0 Å². The van der Waals surface area contributed by atoms with Gasteiger partial charge in [-0.15, -0.1) is 0 Å². The van der Waals surface area contributed by atoms with Gasteiger partial charge in [-0.1, -0.05) is 0 Å². The van der Waals surface area contributed by atoms with E-state index in [1.54, 1.807) is 11.3 Å². The summed E-state index contributed by atoms with van der Waals surface area (Å²) in [5.41, 5.74) is 1.04. The lowest BCUT2D eigenvalue weighted by molar-refractivity contribution is -0.384. The first kappa shape index (κ1) is 14.0. The fraction of sp³-hybridized carbons (Fsp3) is 0.167. The standard InChI is InChI=1S/C12H10BrFN2O2S/c1-7(8-2-3-19-6-8)15-11-4-9(13)10(14)5-12(11)16(17)18/h2-7,15H,1H3. The number of benzene rings is 1. The van der Waals surface area contributed by atoms with Crippen LogP contribution in [0.1, 0.15) is 18.5 Å². The molecule has 0 radical (unpaired) electrons. The smallest absolute Gasteiger partial charge is 0.295 e. The number of nitrogens with one attached hydrogen (secondary N) is 1. The summed E-state index contributed by atoms with van der Waals surface area (Å²) in [5, 5.41) is 17.9. The number of anilines is 1. The highest BCUT2D eigenvalue weighted by Gasteiger charge is 2.19. The zero-order chi connectivity index (χ0) is 14.0. The Kier molecular flexibility index (Phi) is 4.16. The molecule has 7 heteroatoms. The molecule has 1 heterocycles. The molecular formula is C12H10BrFN2O2S. The summed E-state index contributed by atoms with van der Waals surface area (Å²) >= 11 is 4.58. The van der Waals surface area contributed by atoms with Gasteiger partial charge in [0.2, 0.25) is 0 Å². The first-order valence-electron chi connectivity index (χ1n) is 5.41. The number of hydrogen-bond acceptors (Lipinski definition) is 4. The minimum atomic E-state index is -0.652. The fourth-order valence-electron chi connectivity index (χ4n) is 1.64. The van der Waals surface area contributed by atoms with Crippen LogP contribution in [-0.2, 0) is 0 Å². The normalized spacial score (nSPS) is 12.2. The van der Waals surface area contributed by atoms with E-state index in [-0.39, 0.29) is 21.9 Å². The summed E-state index contributed by atoms with van der Waals surface area (Å²) in [4.78, 5) is 10.3. The molecule has 1 aromatic heterocycles. The van der Waals surface area contributed by atoms with Gasteiger partial charge in [0.15, 0.2) is 0 Å². The predicted molar refractivity (Wildman–Crippen MR) is 77.1 cm³/mol. The van der Waals surface area contributed by atoms with Gasteiger partial charge in [-0.25, -0.2) is 4.39 Å². The van der Waals surface area contributed by atoms with Crippen molar-refractivity contribution < 1.29 is 9.31 Å². The molecule has 2 aromatic rings. The van der Waals surface area contributed by atoms with Gasteiger partial charge >= 0.3 is 0 Å². The molecule has 1 N–H and O–H groups in total. The van der Waals surface area contributed by atoms with Gasteiger partial charge in [0.25, 0.3) is 5.69 Å². The van der Waals surface area contributed by atoms with Crippen LogP contribution in [0.3, 0.4) is 0 Å². The lowest BCUT2D eigenvalue weighted by atomic mass is 10.1.